The molecule has 15 heavy (non-hydrogen) atoms. The molecular weight excluding hydrogens is 194 g/mol. The van der Waals surface area contributed by atoms with E-state index in [1.165, 1.54) is 0 Å². The number of aliphatic carboxylic acids is 1. The quantitative estimate of drug-likeness (QED) is 0.680. The molecule has 0 bridgehead atoms. The first kappa shape index (κ1) is 10.2. The number of aromatic amines is 1. The molecule has 5 heteroatoms. The second-order valence-corrected chi connectivity index (χ2v) is 4.12. The fraction of sp³-hybridized carbons (Fsp3) is 0.600. The number of aromatic nitrogens is 2. The second kappa shape index (κ2) is 3.66. The number of nitrogens with zero attached hydrogens (tertiary/aromatic N) is 1. The highest BCUT2D eigenvalue weighted by Gasteiger charge is 2.51. The van der Waals surface area contributed by atoms with Crippen molar-refractivity contribution in [2.75, 3.05) is 6.54 Å². The summed E-state index contributed by atoms with van der Waals surface area (Å²) in [5.41, 5.74) is 5.85. The van der Waals surface area contributed by atoms with Gasteiger partial charge in [-0.05, 0) is 18.9 Å². The monoisotopic (exact) mass is 209 g/mol. The summed E-state index contributed by atoms with van der Waals surface area (Å²) in [4.78, 5) is 11.3. The van der Waals surface area contributed by atoms with E-state index in [0.717, 1.165) is 12.1 Å². The van der Waals surface area contributed by atoms with Crippen LogP contribution in [0.15, 0.2) is 12.3 Å². The van der Waals surface area contributed by atoms with E-state index in [0.29, 0.717) is 19.4 Å². The van der Waals surface area contributed by atoms with Gasteiger partial charge < -0.3 is 10.8 Å². The van der Waals surface area contributed by atoms with Crippen LogP contribution in [-0.2, 0) is 4.79 Å². The van der Waals surface area contributed by atoms with Crippen molar-refractivity contribution in [3.8, 4) is 0 Å². The third kappa shape index (κ3) is 1.43. The number of carbonyl (C=O) groups is 1. The van der Waals surface area contributed by atoms with Gasteiger partial charge in [0.1, 0.15) is 0 Å². The van der Waals surface area contributed by atoms with E-state index in [9.17, 15) is 9.90 Å². The van der Waals surface area contributed by atoms with E-state index in [-0.39, 0.29) is 5.92 Å². The molecule has 1 aromatic heterocycles. The zero-order valence-corrected chi connectivity index (χ0v) is 8.44. The number of carboxylic acids is 1. The highest BCUT2D eigenvalue weighted by Crippen LogP contribution is 2.50. The number of nitrogens with two attached hydrogens (primary N) is 1. The molecule has 0 aliphatic heterocycles. The SMILES string of the molecule is NCC(c1ccn[nH]1)C1(C(=O)O)CCC1. The Kier molecular flexibility index (Phi) is 2.48. The Morgan fingerprint density at radius 1 is 1.73 bits per heavy atom. The minimum atomic E-state index is -0.737. The van der Waals surface area contributed by atoms with Crippen molar-refractivity contribution in [2.24, 2.45) is 11.1 Å². The Labute approximate surface area is 87.7 Å². The minimum absolute atomic E-state index is 0.147. The molecule has 0 saturated heterocycles. The summed E-state index contributed by atoms with van der Waals surface area (Å²) in [6.45, 7) is 0.342. The van der Waals surface area contributed by atoms with Crippen LogP contribution in [0, 0.1) is 5.41 Å². The molecule has 0 aromatic carbocycles. The lowest BCUT2D eigenvalue weighted by Crippen LogP contribution is -2.46. The van der Waals surface area contributed by atoms with Gasteiger partial charge in [0.2, 0.25) is 0 Å². The number of hydrogen-bond acceptors (Lipinski definition) is 3. The first-order valence-electron chi connectivity index (χ1n) is 5.13. The molecule has 1 saturated carbocycles. The van der Waals surface area contributed by atoms with E-state index in [1.54, 1.807) is 12.3 Å². The first-order valence-corrected chi connectivity index (χ1v) is 5.13. The molecule has 1 atom stereocenters. The molecule has 1 fully saturated rings. The number of nitrogens with one attached hydrogen (secondary N) is 1. The van der Waals surface area contributed by atoms with Crippen LogP contribution < -0.4 is 5.73 Å². The topological polar surface area (TPSA) is 92.0 Å². The normalized spacial score (nSPS) is 20.6. The summed E-state index contributed by atoms with van der Waals surface area (Å²) in [5, 5.41) is 16.0. The van der Waals surface area contributed by atoms with Gasteiger partial charge >= 0.3 is 5.97 Å². The van der Waals surface area contributed by atoms with Gasteiger partial charge in [0.05, 0.1) is 5.41 Å². The van der Waals surface area contributed by atoms with Crippen LogP contribution in [0.2, 0.25) is 0 Å². The third-order valence-corrected chi connectivity index (χ3v) is 3.47. The summed E-state index contributed by atoms with van der Waals surface area (Å²) in [6.07, 6.45) is 4.02. The average molecular weight is 209 g/mol. The average Bonchev–Trinajstić information content (AvgIpc) is 2.62. The van der Waals surface area contributed by atoms with Gasteiger partial charge in [-0.1, -0.05) is 6.42 Å². The smallest absolute Gasteiger partial charge is 0.310 e. The van der Waals surface area contributed by atoms with Crippen LogP contribution >= 0.6 is 0 Å². The van der Waals surface area contributed by atoms with E-state index < -0.39 is 11.4 Å². The zero-order chi connectivity index (χ0) is 10.9. The molecule has 4 N–H and O–H groups in total. The Bertz CT molecular complexity index is 344. The Morgan fingerprint density at radius 3 is 2.80 bits per heavy atom. The van der Waals surface area contributed by atoms with Crippen LogP contribution in [0.4, 0.5) is 0 Å². The molecule has 82 valence electrons. The van der Waals surface area contributed by atoms with Crippen molar-refractivity contribution >= 4 is 5.97 Å². The van der Waals surface area contributed by atoms with Crippen LogP contribution in [0.1, 0.15) is 30.9 Å². The van der Waals surface area contributed by atoms with Crippen LogP contribution in [0.3, 0.4) is 0 Å². The van der Waals surface area contributed by atoms with E-state index in [4.69, 9.17) is 5.73 Å². The van der Waals surface area contributed by atoms with Crippen LogP contribution in [0.25, 0.3) is 0 Å². The second-order valence-electron chi connectivity index (χ2n) is 4.12. The molecule has 1 heterocycles. The lowest BCUT2D eigenvalue weighted by molar-refractivity contribution is -0.156. The lowest BCUT2D eigenvalue weighted by Gasteiger charge is -2.43. The molecule has 5 nitrogen and oxygen atoms in total. The fourth-order valence-electron chi connectivity index (χ4n) is 2.38. The fourth-order valence-corrected chi connectivity index (χ4v) is 2.38. The van der Waals surface area contributed by atoms with Gasteiger partial charge in [-0.15, -0.1) is 0 Å². The molecule has 1 aliphatic rings. The van der Waals surface area contributed by atoms with E-state index in [2.05, 4.69) is 10.2 Å². The number of rotatable bonds is 4. The largest absolute Gasteiger partial charge is 0.481 e. The van der Waals surface area contributed by atoms with Crippen molar-refractivity contribution in [1.82, 2.24) is 10.2 Å². The molecule has 1 aliphatic carbocycles. The van der Waals surface area contributed by atoms with Crippen molar-refractivity contribution < 1.29 is 9.90 Å². The molecule has 1 aromatic rings. The summed E-state index contributed by atoms with van der Waals surface area (Å²) in [7, 11) is 0. The third-order valence-electron chi connectivity index (χ3n) is 3.47. The number of carboxylic acid groups (broad SMARTS) is 1. The summed E-state index contributed by atoms with van der Waals surface area (Å²) >= 11 is 0. The molecule has 1 unspecified atom stereocenters. The Morgan fingerprint density at radius 2 is 2.47 bits per heavy atom. The summed E-state index contributed by atoms with van der Waals surface area (Å²) in [5.74, 6) is -0.884. The molecule has 2 rings (SSSR count). The summed E-state index contributed by atoms with van der Waals surface area (Å²) in [6, 6.07) is 1.81. The number of H-pyrrole nitrogens is 1. The van der Waals surface area contributed by atoms with Crippen molar-refractivity contribution in [1.29, 1.82) is 0 Å². The Balaban J connectivity index is 2.29. The van der Waals surface area contributed by atoms with Crippen LogP contribution in [-0.4, -0.2) is 27.8 Å². The highest BCUT2D eigenvalue weighted by atomic mass is 16.4. The van der Waals surface area contributed by atoms with E-state index in [1.807, 2.05) is 0 Å². The minimum Gasteiger partial charge on any atom is -0.481 e. The van der Waals surface area contributed by atoms with Crippen molar-refractivity contribution in [3.63, 3.8) is 0 Å². The van der Waals surface area contributed by atoms with Crippen LogP contribution in [0.5, 0.6) is 0 Å². The number of hydrogen-bond donors (Lipinski definition) is 3. The van der Waals surface area contributed by atoms with Crippen molar-refractivity contribution in [2.45, 2.75) is 25.2 Å². The van der Waals surface area contributed by atoms with Crippen molar-refractivity contribution in [3.05, 3.63) is 18.0 Å². The zero-order valence-electron chi connectivity index (χ0n) is 8.44. The predicted molar refractivity (Wildman–Crippen MR) is 54.3 cm³/mol. The van der Waals surface area contributed by atoms with Gasteiger partial charge in [-0.2, -0.15) is 5.10 Å². The highest BCUT2D eigenvalue weighted by molar-refractivity contribution is 5.77. The molecular formula is C10H15N3O2. The van der Waals surface area contributed by atoms with E-state index >= 15 is 0 Å². The maximum Gasteiger partial charge on any atom is 0.310 e. The van der Waals surface area contributed by atoms with Gasteiger partial charge in [0, 0.05) is 24.4 Å². The first-order chi connectivity index (χ1) is 7.20. The Hall–Kier alpha value is -1.36. The van der Waals surface area contributed by atoms with Gasteiger partial charge in [-0.25, -0.2) is 0 Å². The maximum atomic E-state index is 11.3. The van der Waals surface area contributed by atoms with Gasteiger partial charge in [-0.3, -0.25) is 9.89 Å². The predicted octanol–water partition coefficient (Wildman–Crippen LogP) is 0.707. The summed E-state index contributed by atoms with van der Waals surface area (Å²) < 4.78 is 0. The standard InChI is InChI=1S/C10H15N3O2/c11-6-7(8-2-5-12-13-8)10(9(14)15)3-1-4-10/h2,5,7H,1,3-4,6,11H2,(H,12,13)(H,14,15). The lowest BCUT2D eigenvalue weighted by atomic mass is 9.60. The molecule has 0 radical (unpaired) electrons. The molecule has 0 spiro atoms. The molecule has 0 amide bonds. The van der Waals surface area contributed by atoms with Gasteiger partial charge in [0.15, 0.2) is 0 Å². The maximum absolute atomic E-state index is 11.3. The van der Waals surface area contributed by atoms with Gasteiger partial charge in [0.25, 0.3) is 0 Å².